The molecule has 0 radical (unpaired) electrons. The van der Waals surface area contributed by atoms with E-state index >= 15 is 0 Å². The molecule has 0 saturated carbocycles. The van der Waals surface area contributed by atoms with Crippen molar-refractivity contribution in [3.8, 4) is 0 Å². The lowest BCUT2D eigenvalue weighted by Crippen LogP contribution is -2.02. The standard InChI is InChI=1S/C11H17N3S/c1-8-10(12)14-15-11(8)13-7-6-9-4-2-3-5-9/h4,13H,2-3,5-7H2,1H3,(H2,12,14). The van der Waals surface area contributed by atoms with Crippen molar-refractivity contribution < 1.29 is 0 Å². The van der Waals surface area contributed by atoms with Crippen molar-refractivity contribution in [2.75, 3.05) is 17.6 Å². The van der Waals surface area contributed by atoms with Gasteiger partial charge in [0.2, 0.25) is 0 Å². The summed E-state index contributed by atoms with van der Waals surface area (Å²) in [5.74, 6) is 0.655. The van der Waals surface area contributed by atoms with Crippen LogP contribution in [0.25, 0.3) is 0 Å². The second-order valence-electron chi connectivity index (χ2n) is 3.95. The molecule has 0 unspecified atom stereocenters. The lowest BCUT2D eigenvalue weighted by molar-refractivity contribution is 0.864. The summed E-state index contributed by atoms with van der Waals surface area (Å²) in [5, 5.41) is 4.51. The summed E-state index contributed by atoms with van der Waals surface area (Å²) >= 11 is 1.45. The molecule has 0 spiro atoms. The van der Waals surface area contributed by atoms with E-state index in [0.717, 1.165) is 23.5 Å². The molecule has 0 atom stereocenters. The number of anilines is 2. The Bertz CT molecular complexity index is 368. The van der Waals surface area contributed by atoms with Gasteiger partial charge in [-0.25, -0.2) is 0 Å². The van der Waals surface area contributed by atoms with Crippen LogP contribution in [-0.4, -0.2) is 10.9 Å². The van der Waals surface area contributed by atoms with Gasteiger partial charge in [0.25, 0.3) is 0 Å². The molecule has 0 saturated heterocycles. The first-order valence-electron chi connectivity index (χ1n) is 5.41. The molecule has 0 bridgehead atoms. The molecule has 3 N–H and O–H groups in total. The molecule has 1 heterocycles. The van der Waals surface area contributed by atoms with Crippen LogP contribution in [0.1, 0.15) is 31.2 Å². The smallest absolute Gasteiger partial charge is 0.142 e. The fourth-order valence-corrected chi connectivity index (χ4v) is 2.55. The fourth-order valence-electron chi connectivity index (χ4n) is 1.81. The van der Waals surface area contributed by atoms with Gasteiger partial charge >= 0.3 is 0 Å². The maximum Gasteiger partial charge on any atom is 0.142 e. The van der Waals surface area contributed by atoms with Gasteiger partial charge in [0.1, 0.15) is 10.8 Å². The molecular formula is C11H17N3S. The first kappa shape index (κ1) is 10.5. The third-order valence-corrected chi connectivity index (χ3v) is 3.75. The minimum Gasteiger partial charge on any atom is -0.383 e. The predicted octanol–water partition coefficient (Wildman–Crippen LogP) is 2.95. The predicted molar refractivity (Wildman–Crippen MR) is 66.3 cm³/mol. The van der Waals surface area contributed by atoms with E-state index in [4.69, 9.17) is 5.73 Å². The Hall–Kier alpha value is -1.03. The van der Waals surface area contributed by atoms with Crippen molar-refractivity contribution in [2.45, 2.75) is 32.6 Å². The van der Waals surface area contributed by atoms with E-state index in [0.29, 0.717) is 5.82 Å². The van der Waals surface area contributed by atoms with Gasteiger partial charge in [-0.05, 0) is 44.1 Å². The van der Waals surface area contributed by atoms with Crippen molar-refractivity contribution in [3.05, 3.63) is 17.2 Å². The normalized spacial score (nSPS) is 15.4. The number of nitrogens with zero attached hydrogens (tertiary/aromatic N) is 1. The number of hydrogen-bond acceptors (Lipinski definition) is 4. The zero-order chi connectivity index (χ0) is 10.7. The lowest BCUT2D eigenvalue weighted by atomic mass is 10.2. The van der Waals surface area contributed by atoms with E-state index < -0.39 is 0 Å². The molecule has 1 aliphatic carbocycles. The van der Waals surface area contributed by atoms with Crippen LogP contribution in [0.4, 0.5) is 10.8 Å². The summed E-state index contributed by atoms with van der Waals surface area (Å²) in [6, 6.07) is 0. The van der Waals surface area contributed by atoms with Crippen molar-refractivity contribution in [1.82, 2.24) is 4.37 Å². The molecule has 0 aromatic carbocycles. The number of rotatable bonds is 4. The van der Waals surface area contributed by atoms with Gasteiger partial charge < -0.3 is 11.1 Å². The Balaban J connectivity index is 1.80. The van der Waals surface area contributed by atoms with Crippen LogP contribution in [0.5, 0.6) is 0 Å². The van der Waals surface area contributed by atoms with Crippen LogP contribution in [0.3, 0.4) is 0 Å². The quantitative estimate of drug-likeness (QED) is 0.772. The van der Waals surface area contributed by atoms with Gasteiger partial charge in [0.05, 0.1) is 0 Å². The molecule has 4 heteroatoms. The number of nitrogens with two attached hydrogens (primary N) is 1. The highest BCUT2D eigenvalue weighted by molar-refractivity contribution is 7.10. The summed E-state index contributed by atoms with van der Waals surface area (Å²) in [7, 11) is 0. The molecule has 2 rings (SSSR count). The Kier molecular flexibility index (Phi) is 3.26. The summed E-state index contributed by atoms with van der Waals surface area (Å²) in [6.45, 7) is 3.00. The maximum atomic E-state index is 5.68. The van der Waals surface area contributed by atoms with E-state index in [1.165, 1.54) is 30.8 Å². The highest BCUT2D eigenvalue weighted by Crippen LogP contribution is 2.26. The van der Waals surface area contributed by atoms with E-state index in [9.17, 15) is 0 Å². The summed E-state index contributed by atoms with van der Waals surface area (Å²) in [6.07, 6.45) is 7.40. The summed E-state index contributed by atoms with van der Waals surface area (Å²) in [5.41, 5.74) is 8.36. The number of allylic oxidation sites excluding steroid dienone is 1. The average Bonchev–Trinajstić information content (AvgIpc) is 2.83. The van der Waals surface area contributed by atoms with Gasteiger partial charge in [-0.15, -0.1) is 0 Å². The minimum absolute atomic E-state index is 0.655. The van der Waals surface area contributed by atoms with Crippen molar-refractivity contribution in [3.63, 3.8) is 0 Å². The van der Waals surface area contributed by atoms with Gasteiger partial charge in [0.15, 0.2) is 0 Å². The number of nitrogen functional groups attached to an aromatic ring is 1. The Labute approximate surface area is 94.5 Å². The van der Waals surface area contributed by atoms with Crippen LogP contribution in [-0.2, 0) is 0 Å². The zero-order valence-electron chi connectivity index (χ0n) is 9.05. The summed E-state index contributed by atoms with van der Waals surface area (Å²) < 4.78 is 4.11. The van der Waals surface area contributed by atoms with E-state index in [1.54, 1.807) is 5.57 Å². The van der Waals surface area contributed by atoms with E-state index in [2.05, 4.69) is 15.8 Å². The monoisotopic (exact) mass is 223 g/mol. The van der Waals surface area contributed by atoms with Gasteiger partial charge in [-0.2, -0.15) is 4.37 Å². The molecule has 82 valence electrons. The summed E-state index contributed by atoms with van der Waals surface area (Å²) in [4.78, 5) is 0. The molecule has 15 heavy (non-hydrogen) atoms. The number of hydrogen-bond donors (Lipinski definition) is 2. The topological polar surface area (TPSA) is 50.9 Å². The Morgan fingerprint density at radius 1 is 1.60 bits per heavy atom. The second-order valence-corrected chi connectivity index (χ2v) is 4.73. The molecule has 3 nitrogen and oxygen atoms in total. The van der Waals surface area contributed by atoms with E-state index in [1.807, 2.05) is 6.92 Å². The molecular weight excluding hydrogens is 206 g/mol. The van der Waals surface area contributed by atoms with Crippen LogP contribution in [0, 0.1) is 6.92 Å². The lowest BCUT2D eigenvalue weighted by Gasteiger charge is -2.05. The van der Waals surface area contributed by atoms with Crippen LogP contribution in [0.15, 0.2) is 11.6 Å². The van der Waals surface area contributed by atoms with Gasteiger partial charge in [-0.3, -0.25) is 0 Å². The van der Waals surface area contributed by atoms with Crippen molar-refractivity contribution in [1.29, 1.82) is 0 Å². The fraction of sp³-hybridized carbons (Fsp3) is 0.545. The van der Waals surface area contributed by atoms with Crippen LogP contribution >= 0.6 is 11.5 Å². The van der Waals surface area contributed by atoms with Crippen molar-refractivity contribution in [2.24, 2.45) is 0 Å². The third-order valence-electron chi connectivity index (χ3n) is 2.83. The molecule has 0 aliphatic heterocycles. The van der Waals surface area contributed by atoms with Gasteiger partial charge in [0, 0.05) is 12.1 Å². The average molecular weight is 223 g/mol. The number of nitrogens with one attached hydrogen (secondary N) is 1. The minimum atomic E-state index is 0.655. The molecule has 1 aromatic rings. The Morgan fingerprint density at radius 3 is 3.07 bits per heavy atom. The number of aromatic nitrogens is 1. The molecule has 0 fully saturated rings. The SMILES string of the molecule is Cc1c(N)nsc1NCCC1=CCCC1. The molecule has 0 amide bonds. The Morgan fingerprint density at radius 2 is 2.47 bits per heavy atom. The van der Waals surface area contributed by atoms with Crippen molar-refractivity contribution >= 4 is 22.4 Å². The molecule has 1 aliphatic rings. The van der Waals surface area contributed by atoms with E-state index in [-0.39, 0.29) is 0 Å². The first-order chi connectivity index (χ1) is 7.27. The second kappa shape index (κ2) is 4.66. The van der Waals surface area contributed by atoms with Gasteiger partial charge in [-0.1, -0.05) is 11.6 Å². The third kappa shape index (κ3) is 2.50. The van der Waals surface area contributed by atoms with Crippen LogP contribution in [0.2, 0.25) is 0 Å². The largest absolute Gasteiger partial charge is 0.383 e. The van der Waals surface area contributed by atoms with Crippen LogP contribution < -0.4 is 11.1 Å². The maximum absolute atomic E-state index is 5.68. The first-order valence-corrected chi connectivity index (χ1v) is 6.18. The molecule has 1 aromatic heterocycles. The highest BCUT2D eigenvalue weighted by atomic mass is 32.1. The highest BCUT2D eigenvalue weighted by Gasteiger charge is 2.07. The zero-order valence-corrected chi connectivity index (χ0v) is 9.86.